The van der Waals surface area contributed by atoms with E-state index < -0.39 is 11.7 Å². The lowest BCUT2D eigenvalue weighted by Gasteiger charge is -2.33. The number of carbonyl (C=O) groups excluding carboxylic acids is 2. The molecule has 1 unspecified atom stereocenters. The molecule has 1 aliphatic rings. The summed E-state index contributed by atoms with van der Waals surface area (Å²) >= 11 is 0. The number of likely N-dealkylation sites (tertiary alicyclic amines) is 1. The summed E-state index contributed by atoms with van der Waals surface area (Å²) in [5, 5.41) is 5.83. The molecule has 1 aliphatic heterocycles. The summed E-state index contributed by atoms with van der Waals surface area (Å²) in [7, 11) is 1.78. The summed E-state index contributed by atoms with van der Waals surface area (Å²) < 4.78 is 5.29. The van der Waals surface area contributed by atoms with E-state index in [0.29, 0.717) is 24.3 Å². The molecule has 1 fully saturated rings. The fourth-order valence-corrected chi connectivity index (χ4v) is 2.86. The molecule has 0 radical (unpaired) electrons. The van der Waals surface area contributed by atoms with Gasteiger partial charge in [-0.15, -0.1) is 0 Å². The van der Waals surface area contributed by atoms with Crippen LogP contribution in [0.15, 0.2) is 18.2 Å². The first-order valence-corrected chi connectivity index (χ1v) is 8.55. The van der Waals surface area contributed by atoms with E-state index in [-0.39, 0.29) is 11.9 Å². The molecule has 1 aromatic rings. The lowest BCUT2D eigenvalue weighted by molar-refractivity contribution is 0.0452. The van der Waals surface area contributed by atoms with Crippen LogP contribution in [0.4, 0.5) is 16.2 Å². The van der Waals surface area contributed by atoms with Gasteiger partial charge in [0, 0.05) is 31.7 Å². The number of carbonyl (C=O) groups is 2. The van der Waals surface area contributed by atoms with Gasteiger partial charge in [0.15, 0.2) is 0 Å². The molecule has 0 aliphatic carbocycles. The van der Waals surface area contributed by atoms with Gasteiger partial charge in [0.05, 0.1) is 11.4 Å². The highest BCUT2D eigenvalue weighted by molar-refractivity contribution is 5.96. The molecular formula is C18H28N4O3. The van der Waals surface area contributed by atoms with Crippen LogP contribution in [0, 0.1) is 0 Å². The van der Waals surface area contributed by atoms with Gasteiger partial charge in [-0.3, -0.25) is 4.79 Å². The van der Waals surface area contributed by atoms with Crippen molar-refractivity contribution in [3.63, 3.8) is 0 Å². The molecule has 2 amide bonds. The summed E-state index contributed by atoms with van der Waals surface area (Å²) in [6, 6.07) is 5.12. The van der Waals surface area contributed by atoms with Crippen LogP contribution in [0.3, 0.4) is 0 Å². The summed E-state index contributed by atoms with van der Waals surface area (Å²) in [6.45, 7) is 6.60. The van der Waals surface area contributed by atoms with E-state index in [1.165, 1.54) is 0 Å². The van der Waals surface area contributed by atoms with Crippen molar-refractivity contribution in [3.8, 4) is 0 Å². The monoisotopic (exact) mass is 348 g/mol. The number of hydrogen-bond acceptors (Lipinski definition) is 5. The lowest BCUT2D eigenvalue weighted by atomic mass is 10.0. The number of nitrogens with one attached hydrogen (secondary N) is 2. The Morgan fingerprint density at radius 2 is 2.04 bits per heavy atom. The molecule has 1 aromatic carbocycles. The van der Waals surface area contributed by atoms with E-state index in [0.717, 1.165) is 18.5 Å². The molecule has 0 saturated carbocycles. The van der Waals surface area contributed by atoms with Crippen molar-refractivity contribution in [2.24, 2.45) is 0 Å². The number of piperidine rings is 1. The van der Waals surface area contributed by atoms with E-state index >= 15 is 0 Å². The maximum Gasteiger partial charge on any atom is 0.407 e. The Labute approximate surface area is 148 Å². The van der Waals surface area contributed by atoms with Gasteiger partial charge in [0.2, 0.25) is 0 Å². The summed E-state index contributed by atoms with van der Waals surface area (Å²) in [5.41, 5.74) is 7.28. The zero-order chi connectivity index (χ0) is 18.6. The number of benzene rings is 1. The van der Waals surface area contributed by atoms with Gasteiger partial charge >= 0.3 is 6.09 Å². The smallest absolute Gasteiger partial charge is 0.407 e. The Bertz CT molecular complexity index is 640. The third kappa shape index (κ3) is 5.27. The molecule has 1 heterocycles. The Morgan fingerprint density at radius 3 is 2.64 bits per heavy atom. The first-order valence-electron chi connectivity index (χ1n) is 8.55. The fraction of sp³-hybridized carbons (Fsp3) is 0.556. The van der Waals surface area contributed by atoms with Gasteiger partial charge in [-0.2, -0.15) is 0 Å². The van der Waals surface area contributed by atoms with Gasteiger partial charge < -0.3 is 26.0 Å². The lowest BCUT2D eigenvalue weighted by Crippen LogP contribution is -2.50. The number of rotatable bonds is 3. The quantitative estimate of drug-likeness (QED) is 0.729. The number of ether oxygens (including phenoxy) is 1. The van der Waals surface area contributed by atoms with Crippen molar-refractivity contribution in [3.05, 3.63) is 23.8 Å². The molecule has 1 atom stereocenters. The van der Waals surface area contributed by atoms with E-state index in [1.54, 1.807) is 30.1 Å². The Hall–Kier alpha value is -2.44. The Kier molecular flexibility index (Phi) is 5.77. The highest BCUT2D eigenvalue weighted by atomic mass is 16.6. The molecule has 25 heavy (non-hydrogen) atoms. The average molecular weight is 348 g/mol. The van der Waals surface area contributed by atoms with Gasteiger partial charge in [0.25, 0.3) is 5.91 Å². The third-order valence-electron chi connectivity index (χ3n) is 4.00. The maximum absolute atomic E-state index is 12.7. The van der Waals surface area contributed by atoms with Crippen molar-refractivity contribution in [1.82, 2.24) is 10.2 Å². The molecule has 0 spiro atoms. The number of nitrogens with zero attached hydrogens (tertiary/aromatic N) is 1. The van der Waals surface area contributed by atoms with E-state index in [9.17, 15) is 9.59 Å². The minimum absolute atomic E-state index is 0.0787. The highest BCUT2D eigenvalue weighted by Gasteiger charge is 2.27. The second kappa shape index (κ2) is 7.63. The summed E-state index contributed by atoms with van der Waals surface area (Å²) in [4.78, 5) is 26.4. The topological polar surface area (TPSA) is 96.7 Å². The number of hydrogen-bond donors (Lipinski definition) is 3. The molecule has 0 aromatic heterocycles. The minimum atomic E-state index is -0.541. The van der Waals surface area contributed by atoms with Crippen molar-refractivity contribution in [1.29, 1.82) is 0 Å². The van der Waals surface area contributed by atoms with Crippen LogP contribution in [0.2, 0.25) is 0 Å². The molecule has 1 saturated heterocycles. The molecule has 4 N–H and O–H groups in total. The van der Waals surface area contributed by atoms with Crippen LogP contribution in [0.1, 0.15) is 44.0 Å². The van der Waals surface area contributed by atoms with Crippen LogP contribution >= 0.6 is 0 Å². The predicted octanol–water partition coefficient (Wildman–Crippen LogP) is 2.44. The Morgan fingerprint density at radius 1 is 1.32 bits per heavy atom. The van der Waals surface area contributed by atoms with Gasteiger partial charge in [-0.05, 0) is 51.8 Å². The number of alkyl carbamates (subject to hydrolysis) is 1. The molecule has 7 heteroatoms. The van der Waals surface area contributed by atoms with Gasteiger partial charge in [-0.1, -0.05) is 0 Å². The van der Waals surface area contributed by atoms with E-state index in [1.807, 2.05) is 20.8 Å². The average Bonchev–Trinajstić information content (AvgIpc) is 2.52. The summed E-state index contributed by atoms with van der Waals surface area (Å²) in [6.07, 6.45) is 1.20. The first kappa shape index (κ1) is 18.9. The SMILES string of the molecule is CNc1ccc(C(=O)N2CCCC(NC(=O)OC(C)(C)C)C2)cc1N. The number of nitrogen functional groups attached to an aromatic ring is 1. The zero-order valence-electron chi connectivity index (χ0n) is 15.4. The normalized spacial score (nSPS) is 17.8. The second-order valence-electron chi connectivity index (χ2n) is 7.29. The molecule has 0 bridgehead atoms. The molecular weight excluding hydrogens is 320 g/mol. The molecule has 2 rings (SSSR count). The molecule has 7 nitrogen and oxygen atoms in total. The Balaban J connectivity index is 1.99. The van der Waals surface area contributed by atoms with Crippen molar-refractivity contribution < 1.29 is 14.3 Å². The van der Waals surface area contributed by atoms with Crippen LogP contribution in [0.25, 0.3) is 0 Å². The second-order valence-corrected chi connectivity index (χ2v) is 7.29. The van der Waals surface area contributed by atoms with E-state index in [2.05, 4.69) is 10.6 Å². The number of nitrogens with two attached hydrogens (primary N) is 1. The van der Waals surface area contributed by atoms with Crippen LogP contribution in [-0.4, -0.2) is 48.7 Å². The highest BCUT2D eigenvalue weighted by Crippen LogP contribution is 2.21. The van der Waals surface area contributed by atoms with Crippen molar-refractivity contribution >= 4 is 23.4 Å². The van der Waals surface area contributed by atoms with Gasteiger partial charge in [0.1, 0.15) is 5.60 Å². The van der Waals surface area contributed by atoms with Crippen molar-refractivity contribution in [2.45, 2.75) is 45.3 Å². The predicted molar refractivity (Wildman–Crippen MR) is 98.7 cm³/mol. The van der Waals surface area contributed by atoms with Gasteiger partial charge in [-0.25, -0.2) is 4.79 Å². The van der Waals surface area contributed by atoms with Crippen LogP contribution in [0.5, 0.6) is 0 Å². The minimum Gasteiger partial charge on any atom is -0.444 e. The van der Waals surface area contributed by atoms with E-state index in [4.69, 9.17) is 10.5 Å². The zero-order valence-corrected chi connectivity index (χ0v) is 15.4. The number of anilines is 2. The number of amides is 2. The van der Waals surface area contributed by atoms with Crippen molar-refractivity contribution in [2.75, 3.05) is 31.2 Å². The maximum atomic E-state index is 12.7. The largest absolute Gasteiger partial charge is 0.444 e. The standard InChI is InChI=1S/C18H28N4O3/c1-18(2,3)25-17(24)21-13-6-5-9-22(11-13)16(23)12-7-8-15(20-4)14(19)10-12/h7-8,10,13,20H,5-6,9,11,19H2,1-4H3,(H,21,24). The first-order chi connectivity index (χ1) is 11.7. The van der Waals surface area contributed by atoms with Crippen LogP contribution in [-0.2, 0) is 4.74 Å². The summed E-state index contributed by atoms with van der Waals surface area (Å²) in [5.74, 6) is -0.0787. The third-order valence-corrected chi connectivity index (χ3v) is 4.00. The fourth-order valence-electron chi connectivity index (χ4n) is 2.86. The molecule has 138 valence electrons. The van der Waals surface area contributed by atoms with Crippen LogP contribution < -0.4 is 16.4 Å².